The first-order chi connectivity index (χ1) is 18.9. The predicted octanol–water partition coefficient (Wildman–Crippen LogP) is 6.56. The number of aromatic amines is 1. The lowest BCUT2D eigenvalue weighted by atomic mass is 9.77. The van der Waals surface area contributed by atoms with Gasteiger partial charge in [-0.3, -0.25) is 4.79 Å². The Morgan fingerprint density at radius 1 is 0.949 bits per heavy atom. The molecule has 1 aromatic heterocycles. The Hall–Kier alpha value is -3.61. The molecule has 5 rings (SSSR count). The largest absolute Gasteiger partial charge is 0.453 e. The van der Waals surface area contributed by atoms with Gasteiger partial charge in [0.25, 0.3) is 0 Å². The molecule has 0 bridgehead atoms. The second kappa shape index (κ2) is 12.1. The summed E-state index contributed by atoms with van der Waals surface area (Å²) in [5.74, 6) is 1.78. The summed E-state index contributed by atoms with van der Waals surface area (Å²) in [5.41, 5.74) is 5.12. The highest BCUT2D eigenvalue weighted by Gasteiger charge is 2.37. The lowest BCUT2D eigenvalue weighted by molar-refractivity contribution is -0.135. The lowest BCUT2D eigenvalue weighted by Crippen LogP contribution is -2.51. The Balaban J connectivity index is 1.20. The maximum absolute atomic E-state index is 13.4. The van der Waals surface area contributed by atoms with Crippen molar-refractivity contribution in [2.24, 2.45) is 5.92 Å². The number of aromatic nitrogens is 2. The van der Waals surface area contributed by atoms with E-state index < -0.39 is 12.1 Å². The van der Waals surface area contributed by atoms with Crippen LogP contribution < -0.4 is 5.32 Å². The molecule has 2 N–H and O–H groups in total. The number of hydrogen-bond donors (Lipinski definition) is 2. The van der Waals surface area contributed by atoms with Gasteiger partial charge in [-0.1, -0.05) is 68.4 Å². The summed E-state index contributed by atoms with van der Waals surface area (Å²) in [4.78, 5) is 35.5. The maximum Gasteiger partial charge on any atom is 0.407 e. The van der Waals surface area contributed by atoms with Crippen LogP contribution in [0.1, 0.15) is 87.3 Å². The van der Waals surface area contributed by atoms with Crippen molar-refractivity contribution < 1.29 is 14.3 Å². The van der Waals surface area contributed by atoms with Crippen LogP contribution in [0.15, 0.2) is 60.8 Å². The lowest BCUT2D eigenvalue weighted by Gasteiger charge is -2.30. The quantitative estimate of drug-likeness (QED) is 0.363. The minimum absolute atomic E-state index is 0.0465. The highest BCUT2D eigenvalue weighted by Crippen LogP contribution is 2.41. The van der Waals surface area contributed by atoms with Gasteiger partial charge in [0.05, 0.1) is 13.2 Å². The Bertz CT molecular complexity index is 1250. The summed E-state index contributed by atoms with van der Waals surface area (Å²) in [6.07, 6.45) is 7.75. The third-order valence-corrected chi connectivity index (χ3v) is 8.51. The van der Waals surface area contributed by atoms with Crippen LogP contribution in [0.2, 0.25) is 0 Å². The third-order valence-electron chi connectivity index (χ3n) is 8.51. The fourth-order valence-corrected chi connectivity index (χ4v) is 6.24. The van der Waals surface area contributed by atoms with Crippen LogP contribution in [0, 0.1) is 5.92 Å². The fourth-order valence-electron chi connectivity index (χ4n) is 6.24. The fraction of sp³-hybridized carbons (Fsp3) is 0.469. The van der Waals surface area contributed by atoms with Gasteiger partial charge in [0.1, 0.15) is 11.9 Å². The summed E-state index contributed by atoms with van der Waals surface area (Å²) < 4.78 is 4.75. The average molecular weight is 529 g/mol. The van der Waals surface area contributed by atoms with Crippen LogP contribution in [0.3, 0.4) is 0 Å². The van der Waals surface area contributed by atoms with Gasteiger partial charge in [0, 0.05) is 24.4 Å². The number of amides is 2. The number of likely N-dealkylation sites (tertiary alicyclic amines) is 1. The van der Waals surface area contributed by atoms with E-state index >= 15 is 0 Å². The van der Waals surface area contributed by atoms with Crippen LogP contribution in [0.4, 0.5) is 4.79 Å². The molecular weight excluding hydrogens is 488 g/mol. The van der Waals surface area contributed by atoms with E-state index in [1.807, 2.05) is 24.9 Å². The number of methoxy groups -OCH3 is 1. The zero-order valence-electron chi connectivity index (χ0n) is 23.2. The second-order valence-electron chi connectivity index (χ2n) is 11.3. The minimum Gasteiger partial charge on any atom is -0.453 e. The van der Waals surface area contributed by atoms with E-state index in [2.05, 4.69) is 64.9 Å². The Morgan fingerprint density at radius 3 is 2.28 bits per heavy atom. The molecule has 2 heterocycles. The molecule has 2 aromatic carbocycles. The highest BCUT2D eigenvalue weighted by atomic mass is 16.5. The number of carbonyl (C=O) groups excluding carboxylic acids is 2. The number of rotatable bonds is 7. The standard InChI is InChI=1S/C32H40N4O3/c1-21(2)29(35-32(38)39-3)31(37)36-19-7-10-28(36)30-33-20-27(34-30)26-17-15-25(16-18-26)24-13-11-23(12-14-24)22-8-5-4-6-9-22/h4-6,8-9,11-14,20-21,25-26,28-29H,7,10,15-19H2,1-3H3,(H,33,34)(H,35,38)/t25?,26?,28-,29+/m0/s1. The second-order valence-corrected chi connectivity index (χ2v) is 11.3. The maximum atomic E-state index is 13.4. The molecule has 0 unspecified atom stereocenters. The number of H-pyrrole nitrogens is 1. The summed E-state index contributed by atoms with van der Waals surface area (Å²) in [5, 5.41) is 2.72. The SMILES string of the molecule is COC(=O)N[C@@H](C(=O)N1CCC[C@H]1c1ncc(C2CCC(c3ccc(-c4ccccc4)cc3)CC2)[nH]1)C(C)C. The van der Waals surface area contributed by atoms with E-state index in [1.165, 1.54) is 29.5 Å². The van der Waals surface area contributed by atoms with Gasteiger partial charge in [-0.15, -0.1) is 0 Å². The van der Waals surface area contributed by atoms with Gasteiger partial charge in [-0.2, -0.15) is 0 Å². The minimum atomic E-state index is -0.621. The van der Waals surface area contributed by atoms with Crippen molar-refractivity contribution >= 4 is 12.0 Å². The summed E-state index contributed by atoms with van der Waals surface area (Å²) in [7, 11) is 1.31. The molecule has 1 saturated carbocycles. The molecule has 2 fully saturated rings. The van der Waals surface area contributed by atoms with E-state index in [9.17, 15) is 9.59 Å². The van der Waals surface area contributed by atoms with Gasteiger partial charge in [-0.25, -0.2) is 9.78 Å². The molecule has 0 spiro atoms. The Morgan fingerprint density at radius 2 is 1.62 bits per heavy atom. The zero-order chi connectivity index (χ0) is 27.4. The first-order valence-electron chi connectivity index (χ1n) is 14.3. The topological polar surface area (TPSA) is 87.3 Å². The number of carbonyl (C=O) groups is 2. The smallest absolute Gasteiger partial charge is 0.407 e. The number of alkyl carbamates (subject to hydrolysis) is 1. The molecule has 1 aliphatic heterocycles. The first-order valence-corrected chi connectivity index (χ1v) is 14.3. The van der Waals surface area contributed by atoms with Crippen molar-refractivity contribution in [2.75, 3.05) is 13.7 Å². The van der Waals surface area contributed by atoms with Gasteiger partial charge in [-0.05, 0) is 67.1 Å². The number of hydrogen-bond acceptors (Lipinski definition) is 4. The molecule has 206 valence electrons. The third kappa shape index (κ3) is 6.02. The molecule has 1 saturated heterocycles. The zero-order valence-corrected chi connectivity index (χ0v) is 23.2. The van der Waals surface area contributed by atoms with Gasteiger partial charge < -0.3 is 19.9 Å². The van der Waals surface area contributed by atoms with Gasteiger partial charge >= 0.3 is 6.09 Å². The normalized spacial score (nSPS) is 22.1. The Labute approximate surface area is 231 Å². The van der Waals surface area contributed by atoms with Crippen LogP contribution in [-0.2, 0) is 9.53 Å². The average Bonchev–Trinajstić information content (AvgIpc) is 3.66. The molecule has 2 aliphatic rings. The van der Waals surface area contributed by atoms with E-state index in [1.54, 1.807) is 0 Å². The van der Waals surface area contributed by atoms with Crippen molar-refractivity contribution in [2.45, 2.75) is 76.3 Å². The molecule has 1 aliphatic carbocycles. The van der Waals surface area contributed by atoms with Crippen molar-refractivity contribution in [3.8, 4) is 11.1 Å². The van der Waals surface area contributed by atoms with Gasteiger partial charge in [0.15, 0.2) is 0 Å². The molecule has 39 heavy (non-hydrogen) atoms. The summed E-state index contributed by atoms with van der Waals surface area (Å²) in [6, 6.07) is 18.9. The van der Waals surface area contributed by atoms with Gasteiger partial charge in [0.2, 0.25) is 5.91 Å². The number of nitrogens with zero attached hydrogens (tertiary/aromatic N) is 2. The molecular formula is C32H40N4O3. The summed E-state index contributed by atoms with van der Waals surface area (Å²) >= 11 is 0. The molecule has 3 aromatic rings. The van der Waals surface area contributed by atoms with Crippen molar-refractivity contribution in [1.82, 2.24) is 20.2 Å². The van der Waals surface area contributed by atoms with Crippen LogP contribution >= 0.6 is 0 Å². The van der Waals surface area contributed by atoms with E-state index in [0.717, 1.165) is 44.3 Å². The monoisotopic (exact) mass is 528 g/mol. The molecule has 0 radical (unpaired) electrons. The van der Waals surface area contributed by atoms with E-state index in [4.69, 9.17) is 9.72 Å². The van der Waals surface area contributed by atoms with Crippen molar-refractivity contribution in [3.05, 3.63) is 77.9 Å². The molecule has 2 atom stereocenters. The first kappa shape index (κ1) is 27.0. The predicted molar refractivity (Wildman–Crippen MR) is 152 cm³/mol. The molecule has 7 nitrogen and oxygen atoms in total. The van der Waals surface area contributed by atoms with E-state index in [-0.39, 0.29) is 17.9 Å². The van der Waals surface area contributed by atoms with Crippen molar-refractivity contribution in [1.29, 1.82) is 0 Å². The highest BCUT2D eigenvalue weighted by molar-refractivity contribution is 5.86. The van der Waals surface area contributed by atoms with Crippen LogP contribution in [-0.4, -0.2) is 46.6 Å². The molecule has 2 amide bonds. The number of ether oxygens (including phenoxy) is 1. The number of imidazole rings is 1. The van der Waals surface area contributed by atoms with Crippen LogP contribution in [0.25, 0.3) is 11.1 Å². The Kier molecular flexibility index (Phi) is 8.34. The summed E-state index contributed by atoms with van der Waals surface area (Å²) in [6.45, 7) is 4.53. The van der Waals surface area contributed by atoms with E-state index in [0.29, 0.717) is 18.4 Å². The number of nitrogens with one attached hydrogen (secondary N) is 2. The van der Waals surface area contributed by atoms with Crippen molar-refractivity contribution in [3.63, 3.8) is 0 Å². The molecule has 7 heteroatoms. The number of benzene rings is 2. The van der Waals surface area contributed by atoms with Crippen LogP contribution in [0.5, 0.6) is 0 Å².